The highest BCUT2D eigenvalue weighted by Crippen LogP contribution is 2.34. The van der Waals surface area contributed by atoms with Gasteiger partial charge in [-0.15, -0.1) is 0 Å². The van der Waals surface area contributed by atoms with E-state index in [0.29, 0.717) is 10.6 Å². The second-order valence-corrected chi connectivity index (χ2v) is 9.54. The van der Waals surface area contributed by atoms with Gasteiger partial charge in [-0.2, -0.15) is 0 Å². The molecule has 1 N–H and O–H groups in total. The van der Waals surface area contributed by atoms with Crippen molar-refractivity contribution in [2.24, 2.45) is 0 Å². The van der Waals surface area contributed by atoms with Crippen LogP contribution in [0.3, 0.4) is 0 Å². The van der Waals surface area contributed by atoms with Crippen LogP contribution in [0.15, 0.2) is 53.0 Å². The number of carbonyl (C=O) groups excluding carboxylic acids is 1. The number of nitrogens with zero attached hydrogens (tertiary/aromatic N) is 1. The van der Waals surface area contributed by atoms with Crippen LogP contribution in [0.1, 0.15) is 38.2 Å². The minimum atomic E-state index is -0.145. The quantitative estimate of drug-likeness (QED) is 0.304. The molecule has 0 spiro atoms. The number of fused-ring (bicyclic) bond motifs is 1. The minimum absolute atomic E-state index is 0.145. The number of amides is 1. The van der Waals surface area contributed by atoms with Crippen molar-refractivity contribution in [3.8, 4) is 11.3 Å². The number of benzene rings is 3. The smallest absolute Gasteiger partial charge is 0.256 e. The van der Waals surface area contributed by atoms with Gasteiger partial charge in [-0.05, 0) is 87.2 Å². The fraction of sp³-hybridized carbons (Fsp3) is 0.185. The first-order chi connectivity index (χ1) is 15.2. The first-order valence-corrected chi connectivity index (χ1v) is 11.6. The van der Waals surface area contributed by atoms with Crippen molar-refractivity contribution in [1.82, 2.24) is 4.98 Å². The van der Waals surface area contributed by atoms with Crippen molar-refractivity contribution in [2.75, 3.05) is 5.32 Å². The molecule has 1 amide bonds. The number of pyridine rings is 1. The standard InChI is InChI=1S/C27H24BrClN2O/c1-14-11-15(2)25-21(12-14)24(18(5)26(31-25)19-7-6-8-20(29)13-19)27(32)30-23-10-9-22(28)16(3)17(23)4/h6-13H,1-5H3,(H,30,32). The van der Waals surface area contributed by atoms with E-state index in [9.17, 15) is 4.79 Å². The Morgan fingerprint density at radius 2 is 1.69 bits per heavy atom. The molecule has 0 unspecified atom stereocenters. The zero-order valence-electron chi connectivity index (χ0n) is 18.7. The second-order valence-electron chi connectivity index (χ2n) is 8.25. The fourth-order valence-electron chi connectivity index (χ4n) is 4.13. The Morgan fingerprint density at radius 3 is 2.41 bits per heavy atom. The predicted octanol–water partition coefficient (Wildman–Crippen LogP) is 8.11. The number of aromatic nitrogens is 1. The third-order valence-electron chi connectivity index (χ3n) is 5.96. The molecule has 4 aromatic rings. The van der Waals surface area contributed by atoms with E-state index in [0.717, 1.165) is 60.1 Å². The number of rotatable bonds is 3. The lowest BCUT2D eigenvalue weighted by atomic mass is 9.94. The largest absolute Gasteiger partial charge is 0.322 e. The van der Waals surface area contributed by atoms with Gasteiger partial charge in [0.15, 0.2) is 0 Å². The number of hydrogen-bond donors (Lipinski definition) is 1. The van der Waals surface area contributed by atoms with E-state index in [1.54, 1.807) is 0 Å². The fourth-order valence-corrected chi connectivity index (χ4v) is 4.75. The van der Waals surface area contributed by atoms with Gasteiger partial charge in [0, 0.05) is 26.1 Å². The van der Waals surface area contributed by atoms with Crippen molar-refractivity contribution in [1.29, 1.82) is 0 Å². The van der Waals surface area contributed by atoms with Crippen molar-refractivity contribution < 1.29 is 4.79 Å². The zero-order chi connectivity index (χ0) is 23.2. The molecule has 32 heavy (non-hydrogen) atoms. The van der Waals surface area contributed by atoms with Crippen LogP contribution < -0.4 is 5.32 Å². The molecule has 3 aromatic carbocycles. The molecule has 0 bridgehead atoms. The van der Waals surface area contributed by atoms with Gasteiger partial charge in [-0.25, -0.2) is 4.98 Å². The van der Waals surface area contributed by atoms with Gasteiger partial charge < -0.3 is 5.32 Å². The van der Waals surface area contributed by atoms with Crippen LogP contribution in [0.2, 0.25) is 5.02 Å². The monoisotopic (exact) mass is 506 g/mol. The van der Waals surface area contributed by atoms with Gasteiger partial charge >= 0.3 is 0 Å². The summed E-state index contributed by atoms with van der Waals surface area (Å²) in [5.74, 6) is -0.145. The maximum atomic E-state index is 13.7. The Labute approximate surface area is 202 Å². The molecule has 0 aliphatic carbocycles. The van der Waals surface area contributed by atoms with E-state index in [1.807, 2.05) is 77.1 Å². The molecule has 162 valence electrons. The number of nitrogens with one attached hydrogen (secondary N) is 1. The SMILES string of the molecule is Cc1cc(C)c2nc(-c3cccc(Cl)c3)c(C)c(C(=O)Nc3ccc(Br)c(C)c3C)c2c1. The summed E-state index contributed by atoms with van der Waals surface area (Å²) in [6, 6.07) is 15.6. The van der Waals surface area contributed by atoms with E-state index in [1.165, 1.54) is 0 Å². The van der Waals surface area contributed by atoms with Crippen molar-refractivity contribution in [3.63, 3.8) is 0 Å². The summed E-state index contributed by atoms with van der Waals surface area (Å²) >= 11 is 9.82. The molecule has 0 fully saturated rings. The third-order valence-corrected chi connectivity index (χ3v) is 7.06. The van der Waals surface area contributed by atoms with E-state index in [4.69, 9.17) is 16.6 Å². The average Bonchev–Trinajstić information content (AvgIpc) is 2.73. The van der Waals surface area contributed by atoms with Gasteiger partial charge in [0.1, 0.15) is 0 Å². The summed E-state index contributed by atoms with van der Waals surface area (Å²) in [6.45, 7) is 10.1. The minimum Gasteiger partial charge on any atom is -0.322 e. The molecule has 5 heteroatoms. The van der Waals surface area contributed by atoms with Crippen LogP contribution in [-0.2, 0) is 0 Å². The summed E-state index contributed by atoms with van der Waals surface area (Å²) in [5, 5.41) is 4.63. The Balaban J connectivity index is 1.95. The molecule has 0 saturated carbocycles. The van der Waals surface area contributed by atoms with Crippen LogP contribution >= 0.6 is 27.5 Å². The van der Waals surface area contributed by atoms with E-state index in [2.05, 4.69) is 27.3 Å². The highest BCUT2D eigenvalue weighted by atomic mass is 79.9. The summed E-state index contributed by atoms with van der Waals surface area (Å²) in [4.78, 5) is 18.7. The highest BCUT2D eigenvalue weighted by Gasteiger charge is 2.21. The average molecular weight is 508 g/mol. The van der Waals surface area contributed by atoms with Crippen LogP contribution in [0.5, 0.6) is 0 Å². The molecule has 1 aromatic heterocycles. The first-order valence-electron chi connectivity index (χ1n) is 10.4. The van der Waals surface area contributed by atoms with Crippen molar-refractivity contribution in [2.45, 2.75) is 34.6 Å². The normalized spacial score (nSPS) is 11.1. The summed E-state index contributed by atoms with van der Waals surface area (Å²) in [6.07, 6.45) is 0. The maximum absolute atomic E-state index is 13.7. The Hall–Kier alpha value is -2.69. The maximum Gasteiger partial charge on any atom is 0.256 e. The lowest BCUT2D eigenvalue weighted by molar-refractivity contribution is 0.102. The predicted molar refractivity (Wildman–Crippen MR) is 138 cm³/mol. The van der Waals surface area contributed by atoms with Crippen LogP contribution in [0.25, 0.3) is 22.2 Å². The summed E-state index contributed by atoms with van der Waals surface area (Å²) in [5.41, 5.74) is 9.01. The van der Waals surface area contributed by atoms with E-state index < -0.39 is 0 Å². The van der Waals surface area contributed by atoms with E-state index in [-0.39, 0.29) is 5.91 Å². The molecule has 3 nitrogen and oxygen atoms in total. The Morgan fingerprint density at radius 1 is 0.938 bits per heavy atom. The topological polar surface area (TPSA) is 42.0 Å². The van der Waals surface area contributed by atoms with Crippen LogP contribution in [0.4, 0.5) is 5.69 Å². The molecule has 0 saturated heterocycles. The Bertz CT molecular complexity index is 1390. The lowest BCUT2D eigenvalue weighted by Crippen LogP contribution is -2.16. The van der Waals surface area contributed by atoms with Gasteiger partial charge in [0.2, 0.25) is 0 Å². The molecule has 0 atom stereocenters. The molecular weight excluding hydrogens is 484 g/mol. The number of anilines is 1. The van der Waals surface area contributed by atoms with Crippen LogP contribution in [-0.4, -0.2) is 10.9 Å². The number of aryl methyl sites for hydroxylation is 2. The molecule has 1 heterocycles. The number of carbonyl (C=O) groups is 1. The molecular formula is C27H24BrClN2O. The van der Waals surface area contributed by atoms with Crippen molar-refractivity contribution >= 4 is 50.0 Å². The van der Waals surface area contributed by atoms with Gasteiger partial charge in [-0.1, -0.05) is 51.3 Å². The van der Waals surface area contributed by atoms with Crippen LogP contribution in [0, 0.1) is 34.6 Å². The lowest BCUT2D eigenvalue weighted by Gasteiger charge is -2.18. The number of hydrogen-bond acceptors (Lipinski definition) is 2. The molecule has 0 aliphatic rings. The molecule has 0 radical (unpaired) electrons. The van der Waals surface area contributed by atoms with E-state index >= 15 is 0 Å². The zero-order valence-corrected chi connectivity index (χ0v) is 21.1. The Kier molecular flexibility index (Phi) is 6.11. The van der Waals surface area contributed by atoms with Gasteiger partial charge in [-0.3, -0.25) is 4.79 Å². The number of halogens is 2. The molecule has 0 aliphatic heterocycles. The summed E-state index contributed by atoms with van der Waals surface area (Å²) in [7, 11) is 0. The van der Waals surface area contributed by atoms with Gasteiger partial charge in [0.25, 0.3) is 5.91 Å². The van der Waals surface area contributed by atoms with Gasteiger partial charge in [0.05, 0.1) is 16.8 Å². The van der Waals surface area contributed by atoms with Crippen molar-refractivity contribution in [3.05, 3.63) is 91.4 Å². The highest BCUT2D eigenvalue weighted by molar-refractivity contribution is 9.10. The second kappa shape index (κ2) is 8.68. The molecule has 4 rings (SSSR count). The first kappa shape index (κ1) is 22.5. The summed E-state index contributed by atoms with van der Waals surface area (Å²) < 4.78 is 1.02. The third kappa shape index (κ3) is 4.05.